The van der Waals surface area contributed by atoms with Crippen LogP contribution in [-0.2, 0) is 6.54 Å². The summed E-state index contributed by atoms with van der Waals surface area (Å²) in [6.45, 7) is -0.379. The van der Waals surface area contributed by atoms with Crippen molar-refractivity contribution in [2.45, 2.75) is 37.9 Å². The largest absolute Gasteiger partial charge is 0.476 e. The molecule has 0 aliphatic heterocycles. The van der Waals surface area contributed by atoms with Gasteiger partial charge in [-0.15, -0.1) is 5.10 Å². The van der Waals surface area contributed by atoms with Crippen LogP contribution in [-0.4, -0.2) is 32.2 Å². The number of halogens is 3. The van der Waals surface area contributed by atoms with Crippen molar-refractivity contribution < 1.29 is 23.1 Å². The smallest absolute Gasteiger partial charge is 0.390 e. The Morgan fingerprint density at radius 1 is 1.47 bits per heavy atom. The molecule has 0 spiro atoms. The van der Waals surface area contributed by atoms with Crippen molar-refractivity contribution in [3.8, 4) is 0 Å². The van der Waals surface area contributed by atoms with Gasteiger partial charge in [0.05, 0.1) is 18.7 Å². The molecule has 1 saturated carbocycles. The topological polar surface area (TPSA) is 68.0 Å². The van der Waals surface area contributed by atoms with Crippen molar-refractivity contribution in [2.75, 3.05) is 0 Å². The number of aryl methyl sites for hydroxylation is 1. The summed E-state index contributed by atoms with van der Waals surface area (Å²) in [4.78, 5) is 10.8. The Balaban J connectivity index is 2.19. The lowest BCUT2D eigenvalue weighted by Gasteiger charge is -2.08. The lowest BCUT2D eigenvalue weighted by molar-refractivity contribution is -0.137. The molecule has 0 aromatic carbocycles. The third kappa shape index (κ3) is 2.75. The van der Waals surface area contributed by atoms with Gasteiger partial charge in [0, 0.05) is 5.92 Å². The summed E-state index contributed by atoms with van der Waals surface area (Å²) in [6.07, 6.45) is -3.76. The van der Waals surface area contributed by atoms with Crippen molar-refractivity contribution in [3.63, 3.8) is 0 Å². The molecule has 0 amide bonds. The quantitative estimate of drug-likeness (QED) is 0.883. The molecule has 0 bridgehead atoms. The van der Waals surface area contributed by atoms with Crippen LogP contribution >= 0.6 is 0 Å². The summed E-state index contributed by atoms with van der Waals surface area (Å²) < 4.78 is 37.3. The summed E-state index contributed by atoms with van der Waals surface area (Å²) in [7, 11) is 0. The van der Waals surface area contributed by atoms with Crippen LogP contribution in [0.5, 0.6) is 0 Å². The number of alkyl halides is 3. The molecule has 1 aliphatic carbocycles. The molecular formula is C9H10F3N3O2. The molecule has 0 radical (unpaired) electrons. The zero-order valence-corrected chi connectivity index (χ0v) is 8.74. The molecule has 1 heterocycles. The van der Waals surface area contributed by atoms with E-state index in [-0.39, 0.29) is 18.2 Å². The van der Waals surface area contributed by atoms with E-state index in [9.17, 15) is 18.0 Å². The predicted octanol–water partition coefficient (Wildman–Crippen LogP) is 1.81. The number of aromatic carboxylic acids is 1. The zero-order chi connectivity index (χ0) is 12.6. The Hall–Kier alpha value is -1.60. The van der Waals surface area contributed by atoms with E-state index < -0.39 is 18.6 Å². The van der Waals surface area contributed by atoms with Gasteiger partial charge in [-0.05, 0) is 12.8 Å². The zero-order valence-electron chi connectivity index (χ0n) is 8.74. The van der Waals surface area contributed by atoms with E-state index in [1.54, 1.807) is 0 Å². The molecule has 1 aromatic rings. The number of carboxylic acids is 1. The molecule has 17 heavy (non-hydrogen) atoms. The van der Waals surface area contributed by atoms with E-state index in [1.807, 2.05) is 0 Å². The van der Waals surface area contributed by atoms with Crippen LogP contribution in [0, 0.1) is 0 Å². The van der Waals surface area contributed by atoms with Crippen LogP contribution in [0.1, 0.15) is 41.4 Å². The van der Waals surface area contributed by atoms with E-state index in [2.05, 4.69) is 10.3 Å². The van der Waals surface area contributed by atoms with E-state index in [0.717, 1.165) is 17.5 Å². The first kappa shape index (κ1) is 11.9. The number of rotatable bonds is 4. The average Bonchev–Trinajstić information content (AvgIpc) is 2.93. The lowest BCUT2D eigenvalue weighted by Crippen LogP contribution is -2.15. The molecule has 8 heteroatoms. The maximum Gasteiger partial charge on any atom is 0.390 e. The van der Waals surface area contributed by atoms with E-state index in [4.69, 9.17) is 5.11 Å². The molecule has 1 N–H and O–H groups in total. The summed E-state index contributed by atoms with van der Waals surface area (Å²) in [5.41, 5.74) is 0.0939. The number of aromatic nitrogens is 3. The number of hydrogen-bond acceptors (Lipinski definition) is 3. The second-order valence-electron chi connectivity index (χ2n) is 3.99. The third-order valence-electron chi connectivity index (χ3n) is 2.55. The van der Waals surface area contributed by atoms with Gasteiger partial charge in [-0.3, -0.25) is 0 Å². The minimum Gasteiger partial charge on any atom is -0.476 e. The summed E-state index contributed by atoms with van der Waals surface area (Å²) >= 11 is 0. The number of nitrogens with zero attached hydrogens (tertiary/aromatic N) is 3. The highest BCUT2D eigenvalue weighted by atomic mass is 19.4. The Morgan fingerprint density at radius 2 is 2.12 bits per heavy atom. The Labute approximate surface area is 94.2 Å². The number of carboxylic acid groups (broad SMARTS) is 1. The second kappa shape index (κ2) is 4.01. The average molecular weight is 249 g/mol. The minimum atomic E-state index is -4.28. The highest BCUT2D eigenvalue weighted by Gasteiger charge is 2.35. The van der Waals surface area contributed by atoms with Crippen LogP contribution in [0.4, 0.5) is 13.2 Å². The SMILES string of the molecule is O=C(O)c1nnn(CCC(F)(F)F)c1C1CC1. The monoisotopic (exact) mass is 249 g/mol. The second-order valence-corrected chi connectivity index (χ2v) is 3.99. The van der Waals surface area contributed by atoms with Crippen LogP contribution in [0.15, 0.2) is 0 Å². The maximum absolute atomic E-state index is 12.1. The molecule has 5 nitrogen and oxygen atoms in total. The summed E-state index contributed by atoms with van der Waals surface area (Å²) in [6, 6.07) is 0. The van der Waals surface area contributed by atoms with Gasteiger partial charge in [-0.25, -0.2) is 9.48 Å². The van der Waals surface area contributed by atoms with Crippen LogP contribution in [0.25, 0.3) is 0 Å². The highest BCUT2D eigenvalue weighted by molar-refractivity contribution is 5.86. The van der Waals surface area contributed by atoms with Crippen molar-refractivity contribution >= 4 is 5.97 Å². The predicted molar refractivity (Wildman–Crippen MR) is 49.6 cm³/mol. The number of hydrogen-bond donors (Lipinski definition) is 1. The van der Waals surface area contributed by atoms with E-state index in [1.165, 1.54) is 0 Å². The normalized spacial score (nSPS) is 16.2. The summed E-state index contributed by atoms with van der Waals surface area (Å²) in [5.74, 6) is -1.26. The molecule has 1 aromatic heterocycles. The van der Waals surface area contributed by atoms with Crippen LogP contribution in [0.3, 0.4) is 0 Å². The van der Waals surface area contributed by atoms with E-state index in [0.29, 0.717) is 5.69 Å². The highest BCUT2D eigenvalue weighted by Crippen LogP contribution is 2.41. The van der Waals surface area contributed by atoms with Gasteiger partial charge in [-0.2, -0.15) is 13.2 Å². The van der Waals surface area contributed by atoms with E-state index >= 15 is 0 Å². The molecule has 1 fully saturated rings. The minimum absolute atomic E-state index is 0.00988. The van der Waals surface area contributed by atoms with Gasteiger partial charge in [0.15, 0.2) is 5.69 Å². The Kier molecular flexibility index (Phi) is 2.80. The first-order chi connectivity index (χ1) is 7.88. The molecule has 0 saturated heterocycles. The van der Waals surface area contributed by atoms with Crippen molar-refractivity contribution in [3.05, 3.63) is 11.4 Å². The fraction of sp³-hybridized carbons (Fsp3) is 0.667. The van der Waals surface area contributed by atoms with Crippen LogP contribution < -0.4 is 0 Å². The van der Waals surface area contributed by atoms with Crippen molar-refractivity contribution in [1.82, 2.24) is 15.0 Å². The van der Waals surface area contributed by atoms with Crippen LogP contribution in [0.2, 0.25) is 0 Å². The molecular weight excluding hydrogens is 239 g/mol. The molecule has 94 valence electrons. The van der Waals surface area contributed by atoms with Gasteiger partial charge < -0.3 is 5.11 Å². The molecule has 1 aliphatic rings. The standard InChI is InChI=1S/C9H10F3N3O2/c10-9(11,12)3-4-15-7(5-1-2-5)6(8(16)17)13-14-15/h5H,1-4H2,(H,16,17). The maximum atomic E-state index is 12.1. The lowest BCUT2D eigenvalue weighted by atomic mass is 10.2. The molecule has 2 rings (SSSR count). The van der Waals surface area contributed by atoms with Crippen molar-refractivity contribution in [2.24, 2.45) is 0 Å². The molecule has 0 atom stereocenters. The molecule has 0 unspecified atom stereocenters. The van der Waals surface area contributed by atoms with Gasteiger partial charge in [0.1, 0.15) is 0 Å². The first-order valence-corrected chi connectivity index (χ1v) is 5.12. The van der Waals surface area contributed by atoms with Gasteiger partial charge >= 0.3 is 12.1 Å². The van der Waals surface area contributed by atoms with Crippen molar-refractivity contribution in [1.29, 1.82) is 0 Å². The third-order valence-corrected chi connectivity index (χ3v) is 2.55. The Morgan fingerprint density at radius 3 is 2.59 bits per heavy atom. The Bertz CT molecular complexity index is 437. The van der Waals surface area contributed by atoms with Gasteiger partial charge in [-0.1, -0.05) is 5.21 Å². The summed E-state index contributed by atoms with van der Waals surface area (Å²) in [5, 5.41) is 15.8. The fourth-order valence-electron chi connectivity index (χ4n) is 1.63. The number of carbonyl (C=O) groups is 1. The van der Waals surface area contributed by atoms with Gasteiger partial charge in [0.2, 0.25) is 0 Å². The van der Waals surface area contributed by atoms with Gasteiger partial charge in [0.25, 0.3) is 0 Å². The first-order valence-electron chi connectivity index (χ1n) is 5.12. The fourth-order valence-corrected chi connectivity index (χ4v) is 1.63.